The summed E-state index contributed by atoms with van der Waals surface area (Å²) in [6.07, 6.45) is -0.780. The van der Waals surface area contributed by atoms with Gasteiger partial charge in [-0.2, -0.15) is 0 Å². The molecule has 1 unspecified atom stereocenters. The summed E-state index contributed by atoms with van der Waals surface area (Å²) in [7, 11) is 3.10. The largest absolute Gasteiger partial charge is 0.496 e. The van der Waals surface area contributed by atoms with E-state index in [9.17, 15) is 5.11 Å². The van der Waals surface area contributed by atoms with Crippen LogP contribution in [-0.2, 0) is 11.3 Å². The van der Waals surface area contributed by atoms with Crippen LogP contribution in [0.5, 0.6) is 5.75 Å². The van der Waals surface area contributed by atoms with Crippen LogP contribution in [0.3, 0.4) is 0 Å². The maximum absolute atomic E-state index is 9.84. The molecule has 0 aliphatic heterocycles. The third-order valence-electron chi connectivity index (χ3n) is 2.27. The monoisotopic (exact) mass is 245 g/mol. The zero-order valence-corrected chi connectivity index (χ0v) is 10.1. The molecule has 16 heavy (non-hydrogen) atoms. The van der Waals surface area contributed by atoms with Crippen LogP contribution >= 0.6 is 11.6 Å². The van der Waals surface area contributed by atoms with Gasteiger partial charge in [-0.1, -0.05) is 11.6 Å². The molecule has 0 saturated heterocycles. The second-order valence-corrected chi connectivity index (χ2v) is 3.80. The minimum Gasteiger partial charge on any atom is -0.496 e. The van der Waals surface area contributed by atoms with Crippen LogP contribution in [0.4, 0.5) is 0 Å². The fraction of sp³-hybridized carbons (Fsp3) is 0.455. The lowest BCUT2D eigenvalue weighted by Gasteiger charge is -2.18. The van der Waals surface area contributed by atoms with E-state index in [-0.39, 0.29) is 6.54 Å². The molecule has 1 aromatic rings. The van der Waals surface area contributed by atoms with Gasteiger partial charge in [0.05, 0.1) is 19.8 Å². The Bertz CT molecular complexity index is 357. The second-order valence-electron chi connectivity index (χ2n) is 3.37. The van der Waals surface area contributed by atoms with Gasteiger partial charge in [0.1, 0.15) is 5.75 Å². The van der Waals surface area contributed by atoms with Crippen molar-refractivity contribution in [3.8, 4) is 5.75 Å². The highest BCUT2D eigenvalue weighted by Gasteiger charge is 2.17. The Hall–Kier alpha value is -0.810. The zero-order chi connectivity index (χ0) is 12.1. The number of aliphatic hydroxyl groups is 1. The Morgan fingerprint density at radius 2 is 2.12 bits per heavy atom. The van der Waals surface area contributed by atoms with Crippen LogP contribution in [0.1, 0.15) is 17.2 Å². The first-order valence-electron chi connectivity index (χ1n) is 4.87. The van der Waals surface area contributed by atoms with Gasteiger partial charge in [-0.05, 0) is 17.7 Å². The number of nitrogens with two attached hydrogens (primary N) is 1. The Kier molecular flexibility index (Phi) is 5.02. The van der Waals surface area contributed by atoms with E-state index in [1.165, 1.54) is 7.11 Å². The number of aliphatic hydroxyl groups excluding tert-OH is 1. The van der Waals surface area contributed by atoms with Crippen molar-refractivity contribution >= 4 is 11.6 Å². The lowest BCUT2D eigenvalue weighted by Crippen LogP contribution is -2.15. The summed E-state index contributed by atoms with van der Waals surface area (Å²) >= 11 is 5.94. The quantitative estimate of drug-likeness (QED) is 0.825. The van der Waals surface area contributed by atoms with Crippen molar-refractivity contribution in [2.24, 2.45) is 5.73 Å². The van der Waals surface area contributed by atoms with Gasteiger partial charge in [0.2, 0.25) is 0 Å². The predicted octanol–water partition coefficient (Wildman–Crippen LogP) is 1.49. The van der Waals surface area contributed by atoms with Crippen LogP contribution in [0.15, 0.2) is 12.1 Å². The van der Waals surface area contributed by atoms with Crippen LogP contribution in [0, 0.1) is 0 Å². The fourth-order valence-corrected chi connectivity index (χ4v) is 1.82. The molecule has 1 rings (SSSR count). The van der Waals surface area contributed by atoms with Crippen molar-refractivity contribution in [1.82, 2.24) is 0 Å². The van der Waals surface area contributed by atoms with E-state index >= 15 is 0 Å². The number of ether oxygens (including phenoxy) is 2. The maximum atomic E-state index is 9.84. The molecule has 3 N–H and O–H groups in total. The Morgan fingerprint density at radius 3 is 2.62 bits per heavy atom. The molecule has 0 bridgehead atoms. The first-order chi connectivity index (χ1) is 7.63. The average Bonchev–Trinajstić information content (AvgIpc) is 2.27. The van der Waals surface area contributed by atoms with Crippen LogP contribution in [0.2, 0.25) is 5.02 Å². The van der Waals surface area contributed by atoms with Gasteiger partial charge in [0.15, 0.2) is 0 Å². The highest BCUT2D eigenvalue weighted by atomic mass is 35.5. The number of hydrogen-bond acceptors (Lipinski definition) is 4. The SMILES string of the molecule is COCc1cc(Cl)cc(OC)c1C(O)CN. The molecule has 1 atom stereocenters. The summed E-state index contributed by atoms with van der Waals surface area (Å²) < 4.78 is 10.2. The molecule has 0 aliphatic rings. The van der Waals surface area contributed by atoms with Crippen molar-refractivity contribution in [3.63, 3.8) is 0 Å². The Balaban J connectivity index is 3.26. The first-order valence-corrected chi connectivity index (χ1v) is 5.25. The maximum Gasteiger partial charge on any atom is 0.126 e. The van der Waals surface area contributed by atoms with Crippen molar-refractivity contribution in [2.75, 3.05) is 20.8 Å². The number of methoxy groups -OCH3 is 2. The van der Waals surface area contributed by atoms with Crippen molar-refractivity contribution in [1.29, 1.82) is 0 Å². The van der Waals surface area contributed by atoms with E-state index < -0.39 is 6.10 Å². The van der Waals surface area contributed by atoms with Gasteiger partial charge in [0.25, 0.3) is 0 Å². The van der Waals surface area contributed by atoms with Gasteiger partial charge >= 0.3 is 0 Å². The van der Waals surface area contributed by atoms with Gasteiger partial charge in [-0.25, -0.2) is 0 Å². The number of benzene rings is 1. The van der Waals surface area contributed by atoms with Crippen molar-refractivity contribution in [3.05, 3.63) is 28.3 Å². The lowest BCUT2D eigenvalue weighted by molar-refractivity contribution is 0.163. The van der Waals surface area contributed by atoms with Gasteiger partial charge in [-0.15, -0.1) is 0 Å². The fourth-order valence-electron chi connectivity index (χ4n) is 1.59. The zero-order valence-electron chi connectivity index (χ0n) is 9.37. The summed E-state index contributed by atoms with van der Waals surface area (Å²) in [5, 5.41) is 10.4. The van der Waals surface area contributed by atoms with E-state index in [4.69, 9.17) is 26.8 Å². The van der Waals surface area contributed by atoms with E-state index in [0.29, 0.717) is 22.9 Å². The Labute approximate surface area is 99.9 Å². The predicted molar refractivity (Wildman–Crippen MR) is 62.7 cm³/mol. The lowest BCUT2D eigenvalue weighted by atomic mass is 10.0. The molecular weight excluding hydrogens is 230 g/mol. The number of rotatable bonds is 5. The number of halogens is 1. The molecule has 0 amide bonds. The highest BCUT2D eigenvalue weighted by molar-refractivity contribution is 6.30. The average molecular weight is 246 g/mol. The molecule has 0 fully saturated rings. The summed E-state index contributed by atoms with van der Waals surface area (Å²) in [5.41, 5.74) is 6.87. The molecule has 0 saturated carbocycles. The van der Waals surface area contributed by atoms with Gasteiger partial charge in [-0.3, -0.25) is 0 Å². The number of hydrogen-bond donors (Lipinski definition) is 2. The summed E-state index contributed by atoms with van der Waals surface area (Å²) in [6, 6.07) is 3.39. The van der Waals surface area contributed by atoms with Crippen LogP contribution < -0.4 is 10.5 Å². The Morgan fingerprint density at radius 1 is 1.44 bits per heavy atom. The summed E-state index contributed by atoms with van der Waals surface area (Å²) in [6.45, 7) is 0.470. The molecule has 90 valence electrons. The third-order valence-corrected chi connectivity index (χ3v) is 2.49. The second kappa shape index (κ2) is 6.06. The third kappa shape index (κ3) is 2.86. The highest BCUT2D eigenvalue weighted by Crippen LogP contribution is 2.32. The molecule has 0 heterocycles. The van der Waals surface area contributed by atoms with E-state index in [0.717, 1.165) is 5.56 Å². The molecule has 4 nitrogen and oxygen atoms in total. The minimum atomic E-state index is -0.780. The normalized spacial score (nSPS) is 12.6. The smallest absolute Gasteiger partial charge is 0.126 e. The molecule has 0 radical (unpaired) electrons. The molecule has 0 aliphatic carbocycles. The van der Waals surface area contributed by atoms with Gasteiger partial charge < -0.3 is 20.3 Å². The standard InChI is InChI=1S/C11H16ClNO3/c1-15-6-7-3-8(12)4-10(16-2)11(7)9(14)5-13/h3-4,9,14H,5-6,13H2,1-2H3. The van der Waals surface area contributed by atoms with Crippen LogP contribution in [-0.4, -0.2) is 25.9 Å². The molecular formula is C11H16ClNO3. The van der Waals surface area contributed by atoms with Crippen LogP contribution in [0.25, 0.3) is 0 Å². The molecule has 5 heteroatoms. The summed E-state index contributed by atoms with van der Waals surface area (Å²) in [4.78, 5) is 0. The van der Waals surface area contributed by atoms with E-state index in [1.54, 1.807) is 19.2 Å². The molecule has 0 aromatic heterocycles. The molecule has 1 aromatic carbocycles. The topological polar surface area (TPSA) is 64.7 Å². The minimum absolute atomic E-state index is 0.120. The van der Waals surface area contributed by atoms with Crippen molar-refractivity contribution in [2.45, 2.75) is 12.7 Å². The van der Waals surface area contributed by atoms with E-state index in [1.807, 2.05) is 0 Å². The van der Waals surface area contributed by atoms with E-state index in [2.05, 4.69) is 0 Å². The molecule has 0 spiro atoms. The van der Waals surface area contributed by atoms with Crippen molar-refractivity contribution < 1.29 is 14.6 Å². The first kappa shape index (κ1) is 13.3. The summed E-state index contributed by atoms with van der Waals surface area (Å²) in [5.74, 6) is 0.525. The van der Waals surface area contributed by atoms with Gasteiger partial charge in [0, 0.05) is 24.2 Å².